The highest BCUT2D eigenvalue weighted by atomic mass is 32.1. The van der Waals surface area contributed by atoms with E-state index in [2.05, 4.69) is 72.3 Å². The number of hydrogen-bond donors (Lipinski definition) is 0. The molecular weight excluding hydrogens is 340 g/mol. The topological polar surface area (TPSA) is 26.5 Å². The third-order valence-electron chi connectivity index (χ3n) is 4.81. The van der Waals surface area contributed by atoms with Crippen LogP contribution in [0.4, 0.5) is 5.69 Å². The molecule has 1 saturated heterocycles. The van der Waals surface area contributed by atoms with E-state index in [-0.39, 0.29) is 6.10 Å². The zero-order valence-corrected chi connectivity index (χ0v) is 16.1. The number of benzene rings is 2. The molecule has 4 heteroatoms. The first-order valence-corrected chi connectivity index (χ1v) is 10.1. The monoisotopic (exact) mass is 364 g/mol. The van der Waals surface area contributed by atoms with Crippen LogP contribution < -0.4 is 4.80 Å². The first-order valence-electron chi connectivity index (χ1n) is 9.17. The molecule has 2 aromatic carbocycles. The summed E-state index contributed by atoms with van der Waals surface area (Å²) in [5, 5.41) is 2.21. The number of aryl methyl sites for hydroxylation is 2. The fourth-order valence-electron chi connectivity index (χ4n) is 3.27. The summed E-state index contributed by atoms with van der Waals surface area (Å²) in [4.78, 5) is 5.94. The van der Waals surface area contributed by atoms with Gasteiger partial charge in [0.25, 0.3) is 0 Å². The molecule has 0 saturated carbocycles. The largest absolute Gasteiger partial charge is 0.376 e. The van der Waals surface area contributed by atoms with Crippen LogP contribution in [0.15, 0.2) is 58.9 Å². The Morgan fingerprint density at radius 1 is 1.04 bits per heavy atom. The predicted octanol–water partition coefficient (Wildman–Crippen LogP) is 5.24. The molecule has 3 aromatic rings. The maximum absolute atomic E-state index is 5.90. The average molecular weight is 365 g/mol. The number of thiazole rings is 1. The second kappa shape index (κ2) is 7.60. The molecule has 3 nitrogen and oxygen atoms in total. The van der Waals surface area contributed by atoms with Gasteiger partial charge in [-0.25, -0.2) is 4.99 Å². The van der Waals surface area contributed by atoms with E-state index >= 15 is 0 Å². The predicted molar refractivity (Wildman–Crippen MR) is 108 cm³/mol. The molecule has 0 aliphatic carbocycles. The van der Waals surface area contributed by atoms with E-state index in [9.17, 15) is 0 Å². The van der Waals surface area contributed by atoms with Crippen LogP contribution in [0.3, 0.4) is 0 Å². The molecule has 0 spiro atoms. The number of rotatable bonds is 4. The summed E-state index contributed by atoms with van der Waals surface area (Å²) in [5.41, 5.74) is 5.97. The molecule has 2 heterocycles. The van der Waals surface area contributed by atoms with Crippen LogP contribution in [0.25, 0.3) is 11.3 Å². The Hall–Kier alpha value is -2.17. The minimum Gasteiger partial charge on any atom is -0.376 e. The van der Waals surface area contributed by atoms with E-state index in [1.54, 1.807) is 11.3 Å². The lowest BCUT2D eigenvalue weighted by Crippen LogP contribution is -2.24. The van der Waals surface area contributed by atoms with E-state index in [0.717, 1.165) is 36.5 Å². The lowest BCUT2D eigenvalue weighted by molar-refractivity contribution is 0.0968. The van der Waals surface area contributed by atoms with Gasteiger partial charge in [0.1, 0.15) is 0 Å². The molecule has 0 radical (unpaired) electrons. The smallest absolute Gasteiger partial charge is 0.190 e. The summed E-state index contributed by atoms with van der Waals surface area (Å²) in [5.74, 6) is 0. The highest BCUT2D eigenvalue weighted by Gasteiger charge is 2.19. The minimum absolute atomic E-state index is 0.283. The van der Waals surface area contributed by atoms with E-state index in [1.807, 2.05) is 0 Å². The van der Waals surface area contributed by atoms with Crippen molar-refractivity contribution in [3.8, 4) is 11.3 Å². The van der Waals surface area contributed by atoms with Crippen molar-refractivity contribution in [2.75, 3.05) is 6.61 Å². The molecule has 1 aliphatic rings. The summed E-state index contributed by atoms with van der Waals surface area (Å²) >= 11 is 1.70. The number of hydrogen-bond acceptors (Lipinski definition) is 3. The molecule has 4 rings (SSSR count). The van der Waals surface area contributed by atoms with Crippen molar-refractivity contribution in [2.45, 2.75) is 39.3 Å². The van der Waals surface area contributed by atoms with Gasteiger partial charge < -0.3 is 9.30 Å². The third-order valence-corrected chi connectivity index (χ3v) is 5.68. The van der Waals surface area contributed by atoms with Crippen LogP contribution in [0.1, 0.15) is 24.0 Å². The maximum atomic E-state index is 5.90. The van der Waals surface area contributed by atoms with Gasteiger partial charge in [-0.15, -0.1) is 11.3 Å². The Morgan fingerprint density at radius 2 is 1.73 bits per heavy atom. The SMILES string of the molecule is Cc1ccc(N=c2scc(-c3ccc(C)cc3)n2CC2CCCO2)cc1. The quantitative estimate of drug-likeness (QED) is 0.621. The standard InChI is InChI=1S/C22H24N2OS/c1-16-5-9-18(10-6-16)21-15-26-22(23-19-11-7-17(2)8-12-19)24(21)14-20-4-3-13-25-20/h5-12,15,20H,3-4,13-14H2,1-2H3. The highest BCUT2D eigenvalue weighted by Crippen LogP contribution is 2.24. The normalized spacial score (nSPS) is 17.8. The molecule has 26 heavy (non-hydrogen) atoms. The van der Waals surface area contributed by atoms with E-state index in [0.29, 0.717) is 0 Å². The number of aromatic nitrogens is 1. The summed E-state index contributed by atoms with van der Waals surface area (Å²) in [6, 6.07) is 17.1. The average Bonchev–Trinajstić information content (AvgIpc) is 3.29. The van der Waals surface area contributed by atoms with Crippen molar-refractivity contribution in [3.05, 3.63) is 69.8 Å². The fraction of sp³-hybridized carbons (Fsp3) is 0.318. The van der Waals surface area contributed by atoms with Gasteiger partial charge in [-0.05, 0) is 44.4 Å². The van der Waals surface area contributed by atoms with Crippen molar-refractivity contribution in [2.24, 2.45) is 4.99 Å². The Labute approximate surface area is 158 Å². The van der Waals surface area contributed by atoms with Crippen molar-refractivity contribution in [1.29, 1.82) is 0 Å². The second-order valence-electron chi connectivity index (χ2n) is 6.96. The van der Waals surface area contributed by atoms with Crippen LogP contribution in [-0.2, 0) is 11.3 Å². The van der Waals surface area contributed by atoms with E-state index in [1.165, 1.54) is 22.4 Å². The summed E-state index contributed by atoms with van der Waals surface area (Å²) in [6.07, 6.45) is 2.56. The van der Waals surface area contributed by atoms with Crippen molar-refractivity contribution < 1.29 is 4.74 Å². The molecule has 1 aliphatic heterocycles. The molecule has 0 bridgehead atoms. The van der Waals surface area contributed by atoms with Crippen LogP contribution in [-0.4, -0.2) is 17.3 Å². The lowest BCUT2D eigenvalue weighted by Gasteiger charge is -2.14. The summed E-state index contributed by atoms with van der Waals surface area (Å²) in [6.45, 7) is 5.95. The Kier molecular flexibility index (Phi) is 5.05. The van der Waals surface area contributed by atoms with Crippen LogP contribution in [0, 0.1) is 13.8 Å². The molecular formula is C22H24N2OS. The first kappa shape index (κ1) is 17.3. The molecule has 1 atom stereocenters. The number of nitrogens with zero attached hydrogens (tertiary/aromatic N) is 2. The fourth-order valence-corrected chi connectivity index (χ4v) is 4.21. The Morgan fingerprint density at radius 3 is 2.38 bits per heavy atom. The van der Waals surface area contributed by atoms with Crippen LogP contribution >= 0.6 is 11.3 Å². The van der Waals surface area contributed by atoms with Gasteiger partial charge in [-0.2, -0.15) is 0 Å². The van der Waals surface area contributed by atoms with Crippen LogP contribution in [0.5, 0.6) is 0 Å². The second-order valence-corrected chi connectivity index (χ2v) is 7.80. The van der Waals surface area contributed by atoms with Crippen LogP contribution in [0.2, 0.25) is 0 Å². The van der Waals surface area contributed by atoms with Gasteiger partial charge >= 0.3 is 0 Å². The van der Waals surface area contributed by atoms with Gasteiger partial charge in [0.2, 0.25) is 0 Å². The summed E-state index contributed by atoms with van der Waals surface area (Å²) < 4.78 is 8.22. The van der Waals surface area contributed by atoms with Gasteiger partial charge in [0, 0.05) is 12.0 Å². The van der Waals surface area contributed by atoms with E-state index in [4.69, 9.17) is 9.73 Å². The van der Waals surface area contributed by atoms with Crippen molar-refractivity contribution in [1.82, 2.24) is 4.57 Å². The van der Waals surface area contributed by atoms with Gasteiger partial charge in [0.05, 0.1) is 24.0 Å². The van der Waals surface area contributed by atoms with Crippen molar-refractivity contribution >= 4 is 17.0 Å². The Bertz CT molecular complexity index is 930. The maximum Gasteiger partial charge on any atom is 0.190 e. The van der Waals surface area contributed by atoms with E-state index < -0.39 is 0 Å². The molecule has 1 unspecified atom stereocenters. The van der Waals surface area contributed by atoms with Crippen molar-refractivity contribution in [3.63, 3.8) is 0 Å². The molecule has 0 N–H and O–H groups in total. The van der Waals surface area contributed by atoms with Gasteiger partial charge in [-0.3, -0.25) is 0 Å². The molecule has 1 fully saturated rings. The first-order chi connectivity index (χ1) is 12.7. The zero-order chi connectivity index (χ0) is 17.9. The highest BCUT2D eigenvalue weighted by molar-refractivity contribution is 7.07. The Balaban J connectivity index is 1.77. The third kappa shape index (κ3) is 3.81. The number of ether oxygens (including phenoxy) is 1. The van der Waals surface area contributed by atoms with Gasteiger partial charge in [-0.1, -0.05) is 47.5 Å². The minimum atomic E-state index is 0.283. The zero-order valence-electron chi connectivity index (χ0n) is 15.3. The molecule has 134 valence electrons. The molecule has 1 aromatic heterocycles. The lowest BCUT2D eigenvalue weighted by atomic mass is 10.1. The van der Waals surface area contributed by atoms with Gasteiger partial charge in [0.15, 0.2) is 4.80 Å². The molecule has 0 amide bonds. The summed E-state index contributed by atoms with van der Waals surface area (Å²) in [7, 11) is 0.